The number of nitrogens with two attached hydrogens (primary N) is 1. The third-order valence-electron chi connectivity index (χ3n) is 8.75. The summed E-state index contributed by atoms with van der Waals surface area (Å²) in [6.45, 7) is 5.29. The third-order valence-corrected chi connectivity index (χ3v) is 11.1. The standard InChI is InChI=1S/C33H40Cl2N6O6S/c1-5-47-27-18-21(2)28(48(44,45)39(3)46-4)19-26(27)33(32(43)41-16-14-40(15-17-41)20-29(36)42)37-30(22-6-10-24(34)11-7-22)31(38-33)23-8-12-25(35)13-9-23/h6-13,18-19,30-31,37-38H,5,14-17,20H2,1-4H3,(H2,36,42)/t30-,31+,33?. The van der Waals surface area contributed by atoms with E-state index < -0.39 is 33.7 Å². The SMILES string of the molecule is CCOc1cc(C)c(S(=O)(=O)N(C)OC)cc1C1(C(=O)N2CCN(CC(N)=O)CC2)N[C@H](c2ccc(Cl)cc2)[C@H](c2ccc(Cl)cc2)N1. The summed E-state index contributed by atoms with van der Waals surface area (Å²) in [6, 6.07) is 16.8. The predicted octanol–water partition coefficient (Wildman–Crippen LogP) is 3.34. The van der Waals surface area contributed by atoms with Gasteiger partial charge in [-0.2, -0.15) is 0 Å². The maximum Gasteiger partial charge on any atom is 0.265 e. The van der Waals surface area contributed by atoms with Crippen molar-refractivity contribution in [3.63, 3.8) is 0 Å². The number of primary amides is 1. The van der Waals surface area contributed by atoms with Crippen LogP contribution in [0.1, 0.15) is 41.3 Å². The summed E-state index contributed by atoms with van der Waals surface area (Å²) in [5.41, 5.74) is 6.13. The van der Waals surface area contributed by atoms with Crippen LogP contribution in [0.5, 0.6) is 5.75 Å². The maximum absolute atomic E-state index is 15.1. The van der Waals surface area contributed by atoms with Crippen LogP contribution in [0.2, 0.25) is 10.0 Å². The van der Waals surface area contributed by atoms with Crippen molar-refractivity contribution in [1.29, 1.82) is 0 Å². The highest BCUT2D eigenvalue weighted by molar-refractivity contribution is 7.89. The Kier molecular flexibility index (Phi) is 11.0. The van der Waals surface area contributed by atoms with E-state index in [9.17, 15) is 13.2 Å². The Bertz CT molecular complexity index is 1700. The number of halogens is 2. The average molecular weight is 720 g/mol. The lowest BCUT2D eigenvalue weighted by atomic mass is 9.95. The van der Waals surface area contributed by atoms with Crippen LogP contribution >= 0.6 is 23.2 Å². The second kappa shape index (κ2) is 14.7. The molecule has 258 valence electrons. The summed E-state index contributed by atoms with van der Waals surface area (Å²) in [6.07, 6.45) is 0. The molecular weight excluding hydrogens is 679 g/mol. The molecule has 5 rings (SSSR count). The van der Waals surface area contributed by atoms with Gasteiger partial charge in [0, 0.05) is 48.8 Å². The first-order valence-corrected chi connectivity index (χ1v) is 17.7. The summed E-state index contributed by atoms with van der Waals surface area (Å²) in [5.74, 6) is -0.455. The zero-order valence-electron chi connectivity index (χ0n) is 27.2. The number of aryl methyl sites for hydroxylation is 1. The number of amides is 2. The quantitative estimate of drug-likeness (QED) is 0.254. The smallest absolute Gasteiger partial charge is 0.265 e. The molecule has 3 aromatic rings. The van der Waals surface area contributed by atoms with Gasteiger partial charge < -0.3 is 15.4 Å². The Morgan fingerprint density at radius 2 is 1.48 bits per heavy atom. The first-order valence-electron chi connectivity index (χ1n) is 15.5. The van der Waals surface area contributed by atoms with Crippen LogP contribution in [0.3, 0.4) is 0 Å². The van der Waals surface area contributed by atoms with Gasteiger partial charge in [0.25, 0.3) is 15.9 Å². The fourth-order valence-electron chi connectivity index (χ4n) is 6.27. The molecule has 0 bridgehead atoms. The topological polar surface area (TPSA) is 147 Å². The Hall–Kier alpha value is -3.27. The second-order valence-electron chi connectivity index (χ2n) is 11.8. The maximum atomic E-state index is 15.1. The number of nitrogens with zero attached hydrogens (tertiary/aromatic N) is 3. The van der Waals surface area contributed by atoms with E-state index >= 15 is 4.79 Å². The molecule has 0 radical (unpaired) electrons. The number of sulfonamides is 1. The highest BCUT2D eigenvalue weighted by atomic mass is 35.5. The number of piperazine rings is 1. The lowest BCUT2D eigenvalue weighted by molar-refractivity contribution is -0.141. The van der Waals surface area contributed by atoms with E-state index in [-0.39, 0.29) is 29.5 Å². The van der Waals surface area contributed by atoms with Gasteiger partial charge >= 0.3 is 0 Å². The van der Waals surface area contributed by atoms with Crippen LogP contribution in [0.15, 0.2) is 65.6 Å². The van der Waals surface area contributed by atoms with Crippen LogP contribution in [0.25, 0.3) is 0 Å². The van der Waals surface area contributed by atoms with E-state index in [1.54, 1.807) is 42.2 Å². The van der Waals surface area contributed by atoms with E-state index in [2.05, 4.69) is 10.6 Å². The van der Waals surface area contributed by atoms with Gasteiger partial charge in [0.2, 0.25) is 5.91 Å². The van der Waals surface area contributed by atoms with Gasteiger partial charge in [0.1, 0.15) is 5.75 Å². The molecule has 0 aromatic heterocycles. The van der Waals surface area contributed by atoms with Gasteiger partial charge in [-0.15, -0.1) is 0 Å². The van der Waals surface area contributed by atoms with Crippen molar-refractivity contribution in [2.75, 3.05) is 53.5 Å². The minimum atomic E-state index is -4.15. The van der Waals surface area contributed by atoms with Crippen LogP contribution in [0, 0.1) is 6.92 Å². The van der Waals surface area contributed by atoms with E-state index in [0.29, 0.717) is 47.5 Å². The molecule has 3 aromatic carbocycles. The Labute approximate surface area is 291 Å². The molecule has 48 heavy (non-hydrogen) atoms. The summed E-state index contributed by atoms with van der Waals surface area (Å²) in [7, 11) is -1.58. The van der Waals surface area contributed by atoms with E-state index in [0.717, 1.165) is 15.6 Å². The molecule has 2 fully saturated rings. The number of rotatable bonds is 11. The van der Waals surface area contributed by atoms with Gasteiger partial charge in [-0.1, -0.05) is 51.9 Å². The monoisotopic (exact) mass is 718 g/mol. The molecule has 1 unspecified atom stereocenters. The van der Waals surface area contributed by atoms with Crippen LogP contribution in [-0.4, -0.2) is 88.0 Å². The molecule has 0 aliphatic carbocycles. The Morgan fingerprint density at radius 3 is 1.94 bits per heavy atom. The molecule has 2 heterocycles. The molecule has 0 spiro atoms. The molecule has 12 nitrogen and oxygen atoms in total. The first kappa shape index (κ1) is 36.0. The normalized spacial score (nSPS) is 21.9. The number of carbonyl (C=O) groups excluding carboxylic acids is 2. The average Bonchev–Trinajstić information content (AvgIpc) is 3.46. The molecule has 2 saturated heterocycles. The number of hydrogen-bond donors (Lipinski definition) is 3. The second-order valence-corrected chi connectivity index (χ2v) is 14.6. The number of benzene rings is 3. The highest BCUT2D eigenvalue weighted by Gasteiger charge is 2.55. The fourth-order valence-corrected chi connectivity index (χ4v) is 7.73. The predicted molar refractivity (Wildman–Crippen MR) is 183 cm³/mol. The van der Waals surface area contributed by atoms with Gasteiger partial charge in [-0.25, -0.2) is 8.42 Å². The minimum Gasteiger partial charge on any atom is -0.493 e. The number of ether oxygens (including phenoxy) is 1. The van der Waals surface area contributed by atoms with Crippen molar-refractivity contribution in [3.05, 3.63) is 93.0 Å². The summed E-state index contributed by atoms with van der Waals surface area (Å²) in [4.78, 5) is 35.4. The zero-order valence-corrected chi connectivity index (χ0v) is 29.5. The minimum absolute atomic E-state index is 0.0506. The van der Waals surface area contributed by atoms with Crippen LogP contribution in [-0.2, 0) is 30.1 Å². The lowest BCUT2D eigenvalue weighted by Crippen LogP contribution is -2.62. The highest BCUT2D eigenvalue weighted by Crippen LogP contribution is 2.46. The number of hydrogen-bond acceptors (Lipinski definition) is 9. The molecule has 4 N–H and O–H groups in total. The Morgan fingerprint density at radius 1 is 0.958 bits per heavy atom. The van der Waals surface area contributed by atoms with Gasteiger partial charge in [0.05, 0.1) is 37.2 Å². The number of hydroxylamine groups is 1. The van der Waals surface area contributed by atoms with Gasteiger partial charge in [-0.3, -0.25) is 30.0 Å². The summed E-state index contributed by atoms with van der Waals surface area (Å²) >= 11 is 12.5. The van der Waals surface area contributed by atoms with E-state index in [4.69, 9.17) is 38.5 Å². The molecular formula is C33H40Cl2N6O6S. The summed E-state index contributed by atoms with van der Waals surface area (Å²) < 4.78 is 34.3. The van der Waals surface area contributed by atoms with E-state index in [1.165, 1.54) is 20.2 Å². The van der Waals surface area contributed by atoms with E-state index in [1.807, 2.05) is 36.1 Å². The fraction of sp³-hybridized carbons (Fsp3) is 0.394. The van der Waals surface area contributed by atoms with Gasteiger partial charge in [0.15, 0.2) is 5.66 Å². The van der Waals surface area contributed by atoms with Crippen molar-refractivity contribution < 1.29 is 27.6 Å². The molecule has 2 aliphatic heterocycles. The van der Waals surface area contributed by atoms with Gasteiger partial charge in [-0.05, 0) is 66.9 Å². The number of nitrogens with one attached hydrogen (secondary N) is 2. The van der Waals surface area contributed by atoms with Crippen molar-refractivity contribution >= 4 is 45.0 Å². The largest absolute Gasteiger partial charge is 0.493 e. The van der Waals surface area contributed by atoms with Crippen molar-refractivity contribution in [2.45, 2.75) is 36.5 Å². The Balaban J connectivity index is 1.73. The lowest BCUT2D eigenvalue weighted by Gasteiger charge is -2.40. The zero-order chi connectivity index (χ0) is 34.8. The van der Waals surface area contributed by atoms with Crippen LogP contribution in [0.4, 0.5) is 0 Å². The molecule has 0 saturated carbocycles. The van der Waals surface area contributed by atoms with Crippen molar-refractivity contribution in [3.8, 4) is 5.75 Å². The van der Waals surface area contributed by atoms with Crippen molar-refractivity contribution in [1.82, 2.24) is 24.9 Å². The first-order chi connectivity index (χ1) is 22.8. The molecule has 15 heteroatoms. The van der Waals surface area contributed by atoms with Crippen LogP contribution < -0.4 is 21.1 Å². The number of carbonyl (C=O) groups is 2. The molecule has 2 amide bonds. The molecule has 3 atom stereocenters. The van der Waals surface area contributed by atoms with Crippen molar-refractivity contribution in [2.24, 2.45) is 5.73 Å². The molecule has 2 aliphatic rings. The summed E-state index contributed by atoms with van der Waals surface area (Å²) in [5, 5.41) is 8.34. The third kappa shape index (κ3) is 7.19.